The van der Waals surface area contributed by atoms with Crippen molar-refractivity contribution < 1.29 is 9.59 Å². The molecule has 7 heteroatoms. The summed E-state index contributed by atoms with van der Waals surface area (Å²) in [5, 5.41) is 9.21. The molecule has 2 aromatic carbocycles. The minimum Gasteiger partial charge on any atom is -0.361 e. The highest BCUT2D eigenvalue weighted by atomic mass is 32.1. The molecule has 6 nitrogen and oxygen atoms in total. The quantitative estimate of drug-likeness (QED) is 0.277. The van der Waals surface area contributed by atoms with Gasteiger partial charge in [0.1, 0.15) is 0 Å². The number of aryl methyl sites for hydroxylation is 1. The van der Waals surface area contributed by atoms with Crippen molar-refractivity contribution in [1.29, 1.82) is 0 Å². The van der Waals surface area contributed by atoms with Gasteiger partial charge in [-0.1, -0.05) is 36.4 Å². The molecule has 1 unspecified atom stereocenters. The van der Waals surface area contributed by atoms with E-state index < -0.39 is 0 Å². The summed E-state index contributed by atoms with van der Waals surface area (Å²) in [6.07, 6.45) is 5.15. The number of aromatic amines is 1. The van der Waals surface area contributed by atoms with Gasteiger partial charge in [-0.2, -0.15) is 0 Å². The lowest BCUT2D eigenvalue weighted by molar-refractivity contribution is 0.0953. The third-order valence-corrected chi connectivity index (χ3v) is 7.03. The summed E-state index contributed by atoms with van der Waals surface area (Å²) in [5.74, 6) is -0.527. The van der Waals surface area contributed by atoms with Gasteiger partial charge in [-0.3, -0.25) is 14.6 Å². The molecule has 1 atom stereocenters. The molecule has 5 aromatic rings. The van der Waals surface area contributed by atoms with Gasteiger partial charge >= 0.3 is 0 Å². The van der Waals surface area contributed by atoms with Gasteiger partial charge in [0.2, 0.25) is 0 Å². The van der Waals surface area contributed by atoms with Crippen molar-refractivity contribution in [2.45, 2.75) is 12.8 Å². The monoisotopic (exact) mass is 480 g/mol. The smallest absolute Gasteiger partial charge is 0.255 e. The number of benzene rings is 2. The zero-order valence-electron chi connectivity index (χ0n) is 19.1. The van der Waals surface area contributed by atoms with Gasteiger partial charge in [0.05, 0.1) is 11.3 Å². The molecule has 5 rings (SSSR count). The summed E-state index contributed by atoms with van der Waals surface area (Å²) in [7, 11) is 0. The largest absolute Gasteiger partial charge is 0.361 e. The second-order valence-corrected chi connectivity index (χ2v) is 9.23. The van der Waals surface area contributed by atoms with Crippen LogP contribution in [0.2, 0.25) is 0 Å². The molecule has 0 fully saturated rings. The predicted octanol–water partition coefficient (Wildman–Crippen LogP) is 5.75. The number of anilines is 1. The van der Waals surface area contributed by atoms with Gasteiger partial charge in [0, 0.05) is 52.4 Å². The zero-order chi connectivity index (χ0) is 24.2. The molecule has 2 amide bonds. The Labute approximate surface area is 207 Å². The maximum Gasteiger partial charge on any atom is 0.255 e. The van der Waals surface area contributed by atoms with Crippen LogP contribution in [0.15, 0.2) is 90.7 Å². The van der Waals surface area contributed by atoms with Crippen LogP contribution < -0.4 is 10.6 Å². The summed E-state index contributed by atoms with van der Waals surface area (Å²) >= 11 is 1.67. The van der Waals surface area contributed by atoms with Crippen molar-refractivity contribution in [3.05, 3.63) is 118 Å². The van der Waals surface area contributed by atoms with Crippen molar-refractivity contribution >= 4 is 39.7 Å². The van der Waals surface area contributed by atoms with E-state index in [0.717, 1.165) is 22.0 Å². The molecule has 3 N–H and O–H groups in total. The second kappa shape index (κ2) is 9.95. The topological polar surface area (TPSA) is 86.9 Å². The second-order valence-electron chi connectivity index (χ2n) is 8.26. The molecule has 0 aliphatic rings. The number of amides is 2. The minimum atomic E-state index is -0.286. The van der Waals surface area contributed by atoms with E-state index in [4.69, 9.17) is 0 Å². The number of hydrogen-bond donors (Lipinski definition) is 3. The Bertz CT molecular complexity index is 1480. The molecule has 0 saturated carbocycles. The van der Waals surface area contributed by atoms with Crippen LogP contribution in [0.4, 0.5) is 5.69 Å². The number of aromatic nitrogens is 2. The normalized spacial score (nSPS) is 11.8. The fourth-order valence-electron chi connectivity index (χ4n) is 4.24. The number of carbonyl (C=O) groups excluding carboxylic acids is 2. The predicted molar refractivity (Wildman–Crippen MR) is 140 cm³/mol. The number of thiophene rings is 1. The summed E-state index contributed by atoms with van der Waals surface area (Å²) in [6, 6.07) is 21.0. The Hall–Kier alpha value is -4.23. The van der Waals surface area contributed by atoms with E-state index in [-0.39, 0.29) is 17.7 Å². The number of carbonyl (C=O) groups is 2. The van der Waals surface area contributed by atoms with Crippen LogP contribution in [0.3, 0.4) is 0 Å². The number of nitrogens with zero attached hydrogens (tertiary/aromatic N) is 1. The van der Waals surface area contributed by atoms with E-state index in [1.165, 1.54) is 4.88 Å². The Kier molecular flexibility index (Phi) is 6.41. The third kappa shape index (κ3) is 4.72. The van der Waals surface area contributed by atoms with E-state index in [1.54, 1.807) is 41.9 Å². The molecular weight excluding hydrogens is 456 g/mol. The highest BCUT2D eigenvalue weighted by molar-refractivity contribution is 7.10. The molecule has 3 heterocycles. The van der Waals surface area contributed by atoms with E-state index in [1.807, 2.05) is 54.9 Å². The summed E-state index contributed by atoms with van der Waals surface area (Å²) < 4.78 is 0. The Morgan fingerprint density at radius 1 is 0.971 bits per heavy atom. The molecule has 174 valence electrons. The first-order chi connectivity index (χ1) is 17.1. The lowest BCUT2D eigenvalue weighted by atomic mass is 9.96. The first kappa shape index (κ1) is 22.6. The van der Waals surface area contributed by atoms with Crippen LogP contribution in [0.5, 0.6) is 0 Å². The fourth-order valence-corrected chi connectivity index (χ4v) is 5.08. The molecule has 0 aliphatic carbocycles. The average Bonchev–Trinajstić information content (AvgIpc) is 3.57. The number of para-hydroxylation sites is 2. The van der Waals surface area contributed by atoms with Crippen molar-refractivity contribution in [3.8, 4) is 0 Å². The average molecular weight is 481 g/mol. The van der Waals surface area contributed by atoms with Gasteiger partial charge in [-0.25, -0.2) is 0 Å². The maximum atomic E-state index is 13.4. The highest BCUT2D eigenvalue weighted by Crippen LogP contribution is 2.33. The van der Waals surface area contributed by atoms with Gasteiger partial charge in [0.25, 0.3) is 11.8 Å². The summed E-state index contributed by atoms with van der Waals surface area (Å²) in [6.45, 7) is 2.30. The standard InChI is InChI=1S/C28H24N4O2S/c1-18-6-4-8-21(26(18)32-27(33)19-11-13-29-14-12-19)28(34)31-17-23(25-10-5-15-35-25)22-16-30-24-9-3-2-7-20(22)24/h2-16,23,30H,17H2,1H3,(H,31,34)(H,32,33). The molecule has 3 aromatic heterocycles. The number of rotatable bonds is 7. The number of fused-ring (bicyclic) bond motifs is 1. The zero-order valence-corrected chi connectivity index (χ0v) is 19.9. The fraction of sp³-hybridized carbons (Fsp3) is 0.107. The van der Waals surface area contributed by atoms with E-state index in [0.29, 0.717) is 23.4 Å². The minimum absolute atomic E-state index is 0.00484. The Morgan fingerprint density at radius 2 is 1.80 bits per heavy atom. The third-order valence-electron chi connectivity index (χ3n) is 6.05. The number of hydrogen-bond acceptors (Lipinski definition) is 4. The highest BCUT2D eigenvalue weighted by Gasteiger charge is 2.22. The molecule has 0 aliphatic heterocycles. The number of H-pyrrole nitrogens is 1. The first-order valence-electron chi connectivity index (χ1n) is 11.3. The lowest BCUT2D eigenvalue weighted by Gasteiger charge is -2.18. The van der Waals surface area contributed by atoms with Crippen molar-refractivity contribution in [3.63, 3.8) is 0 Å². The van der Waals surface area contributed by atoms with Crippen LogP contribution in [0.25, 0.3) is 10.9 Å². The maximum absolute atomic E-state index is 13.4. The van der Waals surface area contributed by atoms with Crippen LogP contribution in [-0.4, -0.2) is 28.3 Å². The molecule has 0 radical (unpaired) electrons. The van der Waals surface area contributed by atoms with Gasteiger partial charge in [0.15, 0.2) is 0 Å². The van der Waals surface area contributed by atoms with Crippen LogP contribution in [0, 0.1) is 6.92 Å². The van der Waals surface area contributed by atoms with E-state index >= 15 is 0 Å². The van der Waals surface area contributed by atoms with Crippen molar-refractivity contribution in [1.82, 2.24) is 15.3 Å². The van der Waals surface area contributed by atoms with E-state index in [2.05, 4.69) is 32.7 Å². The first-order valence-corrected chi connectivity index (χ1v) is 12.2. The number of nitrogens with one attached hydrogen (secondary N) is 3. The number of pyridine rings is 1. The van der Waals surface area contributed by atoms with Crippen molar-refractivity contribution in [2.75, 3.05) is 11.9 Å². The van der Waals surface area contributed by atoms with Gasteiger partial charge in [-0.05, 0) is 53.8 Å². The lowest BCUT2D eigenvalue weighted by Crippen LogP contribution is -2.30. The van der Waals surface area contributed by atoms with Crippen LogP contribution in [0.1, 0.15) is 42.6 Å². The summed E-state index contributed by atoms with van der Waals surface area (Å²) in [5.41, 5.74) is 4.43. The van der Waals surface area contributed by atoms with Gasteiger partial charge < -0.3 is 15.6 Å². The molecule has 35 heavy (non-hydrogen) atoms. The van der Waals surface area contributed by atoms with E-state index in [9.17, 15) is 9.59 Å². The SMILES string of the molecule is Cc1cccc(C(=O)NCC(c2cccs2)c2c[nH]c3ccccc23)c1NC(=O)c1ccncc1. The van der Waals surface area contributed by atoms with Crippen LogP contribution >= 0.6 is 11.3 Å². The Balaban J connectivity index is 1.40. The molecular formula is C28H24N4O2S. The molecule has 0 bridgehead atoms. The Morgan fingerprint density at radius 3 is 2.60 bits per heavy atom. The molecule has 0 saturated heterocycles. The van der Waals surface area contributed by atoms with Crippen LogP contribution in [-0.2, 0) is 0 Å². The van der Waals surface area contributed by atoms with Crippen molar-refractivity contribution in [2.24, 2.45) is 0 Å². The van der Waals surface area contributed by atoms with Gasteiger partial charge in [-0.15, -0.1) is 11.3 Å². The summed E-state index contributed by atoms with van der Waals surface area (Å²) in [4.78, 5) is 34.6. The molecule has 0 spiro atoms.